The van der Waals surface area contributed by atoms with Crippen molar-refractivity contribution in [2.75, 3.05) is 33.4 Å². The number of ether oxygens (including phenoxy) is 1. The molecule has 1 atom stereocenters. The number of likely N-dealkylation sites (N-methyl/N-ethyl adjacent to an activating group) is 1. The van der Waals surface area contributed by atoms with Crippen molar-refractivity contribution in [2.45, 2.75) is 31.7 Å². The van der Waals surface area contributed by atoms with Crippen molar-refractivity contribution in [3.8, 4) is 0 Å². The summed E-state index contributed by atoms with van der Waals surface area (Å²) in [6, 6.07) is 0.132. The molecule has 2 aliphatic heterocycles. The van der Waals surface area contributed by atoms with Crippen LogP contribution in [0, 0.1) is 5.41 Å². The Bertz CT molecular complexity index is 380. The first-order valence-electron chi connectivity index (χ1n) is 7.14. The van der Waals surface area contributed by atoms with Gasteiger partial charge in [-0.05, 0) is 39.3 Å². The number of nitrogens with one attached hydrogen (secondary N) is 1. The Kier molecular flexibility index (Phi) is 4.82. The Balaban J connectivity index is 2.07. The van der Waals surface area contributed by atoms with Gasteiger partial charge in [-0.1, -0.05) is 5.16 Å². The van der Waals surface area contributed by atoms with Crippen LogP contribution in [-0.2, 0) is 9.53 Å². The van der Waals surface area contributed by atoms with Crippen molar-refractivity contribution in [3.05, 3.63) is 0 Å². The minimum absolute atomic E-state index is 0.0116. The van der Waals surface area contributed by atoms with Crippen molar-refractivity contribution in [1.29, 1.82) is 0 Å². The fourth-order valence-electron chi connectivity index (χ4n) is 3.02. The molecule has 2 aliphatic rings. The van der Waals surface area contributed by atoms with E-state index in [-0.39, 0.29) is 17.8 Å². The van der Waals surface area contributed by atoms with Crippen molar-refractivity contribution in [3.63, 3.8) is 0 Å². The number of rotatable bonds is 3. The summed E-state index contributed by atoms with van der Waals surface area (Å²) >= 11 is 0. The summed E-state index contributed by atoms with van der Waals surface area (Å²) < 4.78 is 5.30. The van der Waals surface area contributed by atoms with Gasteiger partial charge in [-0.3, -0.25) is 4.79 Å². The van der Waals surface area contributed by atoms with E-state index in [1.165, 1.54) is 0 Å². The van der Waals surface area contributed by atoms with E-state index >= 15 is 0 Å². The van der Waals surface area contributed by atoms with E-state index in [9.17, 15) is 4.79 Å². The molecule has 2 fully saturated rings. The molecule has 0 aromatic rings. The normalized spacial score (nSPS) is 28.1. The molecule has 1 amide bonds. The standard InChI is InChI=1S/C13H24N4O3/c1-17-6-2-3-10(9-17)15-12(18)13(11(14)16-19)4-7-20-8-5-13/h10,19H,2-9H2,1H3,(H2,14,16)(H,15,18). The lowest BCUT2D eigenvalue weighted by Gasteiger charge is -2.37. The summed E-state index contributed by atoms with van der Waals surface area (Å²) in [6.07, 6.45) is 2.95. The lowest BCUT2D eigenvalue weighted by atomic mass is 9.77. The number of likely N-dealkylation sites (tertiary alicyclic amines) is 1. The number of carbonyl (C=O) groups excluding carboxylic acids is 1. The molecule has 2 saturated heterocycles. The van der Waals surface area contributed by atoms with E-state index in [0.717, 1.165) is 25.9 Å². The zero-order valence-electron chi connectivity index (χ0n) is 12.0. The summed E-state index contributed by atoms with van der Waals surface area (Å²) in [4.78, 5) is 14.8. The quantitative estimate of drug-likeness (QED) is 0.287. The molecule has 4 N–H and O–H groups in total. The van der Waals surface area contributed by atoms with Gasteiger partial charge in [0.05, 0.1) is 0 Å². The van der Waals surface area contributed by atoms with Crippen LogP contribution >= 0.6 is 0 Å². The van der Waals surface area contributed by atoms with Gasteiger partial charge in [0.15, 0.2) is 5.84 Å². The van der Waals surface area contributed by atoms with Crippen molar-refractivity contribution in [1.82, 2.24) is 10.2 Å². The number of nitrogens with two attached hydrogens (primary N) is 1. The maximum atomic E-state index is 12.6. The van der Waals surface area contributed by atoms with Gasteiger partial charge in [0.25, 0.3) is 0 Å². The molecule has 0 spiro atoms. The summed E-state index contributed by atoms with van der Waals surface area (Å²) in [6.45, 7) is 2.81. The van der Waals surface area contributed by atoms with Gasteiger partial charge in [-0.15, -0.1) is 0 Å². The minimum Gasteiger partial charge on any atom is -0.409 e. The number of nitrogens with zero attached hydrogens (tertiary/aromatic N) is 2. The molecule has 0 saturated carbocycles. The largest absolute Gasteiger partial charge is 0.409 e. The topological polar surface area (TPSA) is 100 Å². The Morgan fingerprint density at radius 2 is 2.20 bits per heavy atom. The number of hydrogen-bond donors (Lipinski definition) is 3. The first-order chi connectivity index (χ1) is 9.58. The number of hydrogen-bond acceptors (Lipinski definition) is 5. The molecule has 0 aromatic heterocycles. The van der Waals surface area contributed by atoms with E-state index in [1.807, 2.05) is 7.05 Å². The molecule has 0 aromatic carbocycles. The predicted molar refractivity (Wildman–Crippen MR) is 74.6 cm³/mol. The van der Waals surface area contributed by atoms with Gasteiger partial charge < -0.3 is 25.9 Å². The van der Waals surface area contributed by atoms with Crippen LogP contribution < -0.4 is 11.1 Å². The summed E-state index contributed by atoms with van der Waals surface area (Å²) in [5, 5.41) is 15.1. The molecular formula is C13H24N4O3. The van der Waals surface area contributed by atoms with Gasteiger partial charge in [-0.2, -0.15) is 0 Å². The summed E-state index contributed by atoms with van der Waals surface area (Å²) in [5.41, 5.74) is 4.86. The van der Waals surface area contributed by atoms with Crippen LogP contribution in [0.2, 0.25) is 0 Å². The van der Waals surface area contributed by atoms with E-state index in [1.54, 1.807) is 0 Å². The third-order valence-corrected chi connectivity index (χ3v) is 4.34. The third kappa shape index (κ3) is 3.04. The Labute approximate surface area is 119 Å². The number of amidine groups is 1. The Morgan fingerprint density at radius 1 is 1.50 bits per heavy atom. The number of carbonyl (C=O) groups is 1. The second kappa shape index (κ2) is 6.41. The molecular weight excluding hydrogens is 260 g/mol. The Morgan fingerprint density at radius 3 is 2.80 bits per heavy atom. The van der Waals surface area contributed by atoms with Crippen molar-refractivity contribution >= 4 is 11.7 Å². The lowest BCUT2D eigenvalue weighted by Crippen LogP contribution is -2.57. The number of amides is 1. The maximum Gasteiger partial charge on any atom is 0.234 e. The first kappa shape index (κ1) is 15.1. The minimum atomic E-state index is -0.928. The summed E-state index contributed by atoms with van der Waals surface area (Å²) in [7, 11) is 2.05. The van der Waals surface area contributed by atoms with Crippen LogP contribution in [0.25, 0.3) is 0 Å². The molecule has 1 unspecified atom stereocenters. The maximum absolute atomic E-state index is 12.6. The van der Waals surface area contributed by atoms with E-state index < -0.39 is 5.41 Å². The highest BCUT2D eigenvalue weighted by Gasteiger charge is 2.45. The second-order valence-electron chi connectivity index (χ2n) is 5.75. The van der Waals surface area contributed by atoms with Crippen molar-refractivity contribution < 1.29 is 14.7 Å². The molecule has 114 valence electrons. The SMILES string of the molecule is CN1CCCC(NC(=O)C2(C(N)=NO)CCOCC2)C1. The molecule has 2 heterocycles. The van der Waals surface area contributed by atoms with Crippen molar-refractivity contribution in [2.24, 2.45) is 16.3 Å². The molecule has 7 heteroatoms. The smallest absolute Gasteiger partial charge is 0.234 e. The summed E-state index contributed by atoms with van der Waals surface area (Å²) in [5.74, 6) is -0.154. The zero-order chi connectivity index (χ0) is 14.6. The van der Waals surface area contributed by atoms with Gasteiger partial charge in [0.1, 0.15) is 5.41 Å². The average Bonchev–Trinajstić information content (AvgIpc) is 2.47. The van der Waals surface area contributed by atoms with E-state index in [4.69, 9.17) is 15.7 Å². The molecule has 0 aliphatic carbocycles. The van der Waals surface area contributed by atoms with E-state index in [2.05, 4.69) is 15.4 Å². The number of oxime groups is 1. The van der Waals surface area contributed by atoms with Gasteiger partial charge in [0.2, 0.25) is 5.91 Å². The average molecular weight is 284 g/mol. The zero-order valence-corrected chi connectivity index (χ0v) is 12.0. The van der Waals surface area contributed by atoms with E-state index in [0.29, 0.717) is 26.1 Å². The highest BCUT2D eigenvalue weighted by molar-refractivity contribution is 6.06. The predicted octanol–water partition coefficient (Wildman–Crippen LogP) is -0.260. The van der Waals surface area contributed by atoms with Crippen LogP contribution in [-0.4, -0.2) is 61.2 Å². The van der Waals surface area contributed by atoms with Crippen LogP contribution in [0.5, 0.6) is 0 Å². The van der Waals surface area contributed by atoms with Crippen LogP contribution in [0.15, 0.2) is 5.16 Å². The van der Waals surface area contributed by atoms with Crippen LogP contribution in [0.4, 0.5) is 0 Å². The van der Waals surface area contributed by atoms with Gasteiger partial charge in [0, 0.05) is 25.8 Å². The first-order valence-corrected chi connectivity index (χ1v) is 7.14. The fourth-order valence-corrected chi connectivity index (χ4v) is 3.02. The fraction of sp³-hybridized carbons (Fsp3) is 0.846. The number of piperidine rings is 1. The van der Waals surface area contributed by atoms with Crippen LogP contribution in [0.3, 0.4) is 0 Å². The second-order valence-corrected chi connectivity index (χ2v) is 5.75. The molecule has 20 heavy (non-hydrogen) atoms. The third-order valence-electron chi connectivity index (χ3n) is 4.34. The van der Waals surface area contributed by atoms with Gasteiger partial charge in [-0.25, -0.2) is 0 Å². The monoisotopic (exact) mass is 284 g/mol. The molecule has 2 rings (SSSR count). The highest BCUT2D eigenvalue weighted by Crippen LogP contribution is 2.31. The molecule has 0 bridgehead atoms. The Hall–Kier alpha value is -1.34. The highest BCUT2D eigenvalue weighted by atomic mass is 16.5. The van der Waals surface area contributed by atoms with Crippen LogP contribution in [0.1, 0.15) is 25.7 Å². The molecule has 0 radical (unpaired) electrons. The lowest BCUT2D eigenvalue weighted by molar-refractivity contribution is -0.132. The molecule has 7 nitrogen and oxygen atoms in total. The van der Waals surface area contributed by atoms with Gasteiger partial charge >= 0.3 is 0 Å².